The van der Waals surface area contributed by atoms with Crippen molar-refractivity contribution < 1.29 is 24.4 Å². The summed E-state index contributed by atoms with van der Waals surface area (Å²) in [5.41, 5.74) is 2.38. The highest BCUT2D eigenvalue weighted by Crippen LogP contribution is 2.64. The van der Waals surface area contributed by atoms with E-state index in [1.165, 1.54) is 11.1 Å². The molecule has 2 N–H and O–H groups in total. The standard InChI is InChI=1S/C22H30O5/c1-21(2)26-18-17-13-6-5-11-9-15(23)16(25-4)10-14(11)12(13)7-8-22(17,3)20(24)19(18)27-21/h9-10,12-13,17-20,23-24H,5-8H2,1-4H3/t12?,13?,17?,18?,19?,20-,22-/m0/s1. The minimum Gasteiger partial charge on any atom is -0.504 e. The van der Waals surface area contributed by atoms with Crippen molar-refractivity contribution in [3.8, 4) is 11.5 Å². The third kappa shape index (κ3) is 2.34. The first kappa shape index (κ1) is 17.8. The van der Waals surface area contributed by atoms with E-state index in [1.54, 1.807) is 7.11 Å². The van der Waals surface area contributed by atoms with Crippen LogP contribution in [0.3, 0.4) is 0 Å². The Bertz CT molecular complexity index is 774. The van der Waals surface area contributed by atoms with E-state index in [4.69, 9.17) is 14.2 Å². The molecule has 0 aromatic heterocycles. The molecule has 0 radical (unpaired) electrons. The zero-order chi connectivity index (χ0) is 19.1. The van der Waals surface area contributed by atoms with E-state index in [9.17, 15) is 10.2 Å². The zero-order valence-corrected chi connectivity index (χ0v) is 16.6. The van der Waals surface area contributed by atoms with Crippen molar-refractivity contribution in [1.29, 1.82) is 0 Å². The van der Waals surface area contributed by atoms with Crippen LogP contribution in [-0.2, 0) is 15.9 Å². The van der Waals surface area contributed by atoms with Crippen molar-refractivity contribution in [1.82, 2.24) is 0 Å². The van der Waals surface area contributed by atoms with Gasteiger partial charge in [0, 0.05) is 5.41 Å². The molecule has 1 saturated heterocycles. The van der Waals surface area contributed by atoms with E-state index in [-0.39, 0.29) is 29.3 Å². The van der Waals surface area contributed by atoms with Crippen LogP contribution >= 0.6 is 0 Å². The van der Waals surface area contributed by atoms with E-state index < -0.39 is 11.9 Å². The summed E-state index contributed by atoms with van der Waals surface area (Å²) in [4.78, 5) is 0. The molecule has 0 amide bonds. The molecule has 1 heterocycles. The van der Waals surface area contributed by atoms with Gasteiger partial charge in [0.2, 0.25) is 0 Å². The van der Waals surface area contributed by atoms with E-state index in [1.807, 2.05) is 26.0 Å². The Morgan fingerprint density at radius 1 is 1.11 bits per heavy atom. The first-order chi connectivity index (χ1) is 12.7. The lowest BCUT2D eigenvalue weighted by atomic mass is 9.55. The second kappa shape index (κ2) is 5.62. The number of rotatable bonds is 1. The van der Waals surface area contributed by atoms with Gasteiger partial charge in [0.25, 0.3) is 0 Å². The molecule has 1 aromatic rings. The van der Waals surface area contributed by atoms with Crippen molar-refractivity contribution in [2.24, 2.45) is 17.3 Å². The Labute approximate surface area is 160 Å². The molecule has 5 nitrogen and oxygen atoms in total. The van der Waals surface area contributed by atoms with Crippen LogP contribution in [0.2, 0.25) is 0 Å². The fourth-order valence-electron chi connectivity index (χ4n) is 6.71. The number of aliphatic hydroxyl groups excluding tert-OH is 1. The van der Waals surface area contributed by atoms with Crippen LogP contribution in [0, 0.1) is 17.3 Å². The summed E-state index contributed by atoms with van der Waals surface area (Å²) in [6.45, 7) is 6.11. The molecular formula is C22H30O5. The summed E-state index contributed by atoms with van der Waals surface area (Å²) >= 11 is 0. The summed E-state index contributed by atoms with van der Waals surface area (Å²) in [6.07, 6.45) is 3.24. The SMILES string of the molecule is COc1cc2c(cc1O)CCC1C2CC[C@@]2(C)C1C1OC(C)(C)OC1[C@@H]2O. The molecule has 27 heavy (non-hydrogen) atoms. The predicted molar refractivity (Wildman–Crippen MR) is 99.9 cm³/mol. The van der Waals surface area contributed by atoms with Gasteiger partial charge in [-0.3, -0.25) is 0 Å². The maximum absolute atomic E-state index is 11.1. The van der Waals surface area contributed by atoms with Crippen molar-refractivity contribution in [2.75, 3.05) is 7.11 Å². The molecule has 5 heteroatoms. The molecule has 5 rings (SSSR count). The number of phenols is 1. The first-order valence-corrected chi connectivity index (χ1v) is 10.2. The number of benzene rings is 1. The quantitative estimate of drug-likeness (QED) is 0.789. The second-order valence-electron chi connectivity index (χ2n) is 9.61. The van der Waals surface area contributed by atoms with Gasteiger partial charge < -0.3 is 24.4 Å². The fourth-order valence-corrected chi connectivity index (χ4v) is 6.71. The Balaban J connectivity index is 1.55. The Hall–Kier alpha value is -1.30. The number of aromatic hydroxyl groups is 1. The molecule has 0 spiro atoms. The molecule has 3 fully saturated rings. The largest absolute Gasteiger partial charge is 0.504 e. The lowest BCUT2D eigenvalue weighted by Crippen LogP contribution is -2.48. The number of phenolic OH excluding ortho intramolecular Hbond substituents is 1. The Morgan fingerprint density at radius 3 is 2.59 bits per heavy atom. The van der Waals surface area contributed by atoms with Crippen molar-refractivity contribution in [3.63, 3.8) is 0 Å². The van der Waals surface area contributed by atoms with Crippen LogP contribution in [-0.4, -0.2) is 41.4 Å². The summed E-state index contributed by atoms with van der Waals surface area (Å²) < 4.78 is 17.8. The van der Waals surface area contributed by atoms with Gasteiger partial charge in [-0.15, -0.1) is 0 Å². The Morgan fingerprint density at radius 2 is 1.85 bits per heavy atom. The van der Waals surface area contributed by atoms with Crippen molar-refractivity contribution >= 4 is 0 Å². The second-order valence-corrected chi connectivity index (χ2v) is 9.61. The van der Waals surface area contributed by atoms with Crippen LogP contribution in [0.1, 0.15) is 57.1 Å². The average Bonchev–Trinajstić information content (AvgIpc) is 3.03. The third-order valence-electron chi connectivity index (χ3n) is 7.83. The molecule has 0 bridgehead atoms. The number of aryl methyl sites for hydroxylation is 1. The molecule has 5 unspecified atom stereocenters. The van der Waals surface area contributed by atoms with Crippen LogP contribution < -0.4 is 4.74 Å². The molecule has 4 aliphatic rings. The van der Waals surface area contributed by atoms with Gasteiger partial charge >= 0.3 is 0 Å². The molecular weight excluding hydrogens is 344 g/mol. The number of ether oxygens (including phenoxy) is 3. The smallest absolute Gasteiger partial charge is 0.163 e. The highest BCUT2D eigenvalue weighted by Gasteiger charge is 2.67. The van der Waals surface area contributed by atoms with Crippen LogP contribution in [0.15, 0.2) is 12.1 Å². The maximum atomic E-state index is 11.1. The van der Waals surface area contributed by atoms with Gasteiger partial charge in [-0.25, -0.2) is 0 Å². The van der Waals surface area contributed by atoms with Gasteiger partial charge in [0.15, 0.2) is 17.3 Å². The lowest BCUT2D eigenvalue weighted by Gasteiger charge is -2.51. The molecule has 148 valence electrons. The fraction of sp³-hybridized carbons (Fsp3) is 0.727. The predicted octanol–water partition coefficient (Wildman–Crippen LogP) is 3.36. The normalized spacial score (nSPS) is 44.2. The third-order valence-corrected chi connectivity index (χ3v) is 7.83. The molecule has 3 aliphatic carbocycles. The van der Waals surface area contributed by atoms with Gasteiger partial charge in [0.05, 0.1) is 19.3 Å². The van der Waals surface area contributed by atoms with Gasteiger partial charge in [0.1, 0.15) is 6.10 Å². The summed E-state index contributed by atoms with van der Waals surface area (Å²) in [5.74, 6) is 1.29. The number of hydrogen-bond donors (Lipinski definition) is 2. The summed E-state index contributed by atoms with van der Waals surface area (Å²) in [6, 6.07) is 3.91. The topological polar surface area (TPSA) is 68.2 Å². The minimum atomic E-state index is -0.633. The lowest BCUT2D eigenvalue weighted by molar-refractivity contribution is -0.195. The van der Waals surface area contributed by atoms with E-state index in [0.717, 1.165) is 25.7 Å². The summed E-state index contributed by atoms with van der Waals surface area (Å²) in [7, 11) is 1.60. The number of aliphatic hydroxyl groups is 1. The molecule has 1 aliphatic heterocycles. The van der Waals surface area contributed by atoms with E-state index >= 15 is 0 Å². The van der Waals surface area contributed by atoms with E-state index in [0.29, 0.717) is 17.6 Å². The number of methoxy groups -OCH3 is 1. The van der Waals surface area contributed by atoms with Gasteiger partial charge in [-0.1, -0.05) is 6.92 Å². The first-order valence-electron chi connectivity index (χ1n) is 10.2. The van der Waals surface area contributed by atoms with Gasteiger partial charge in [-0.05, 0) is 80.5 Å². The van der Waals surface area contributed by atoms with Gasteiger partial charge in [-0.2, -0.15) is 0 Å². The summed E-state index contributed by atoms with van der Waals surface area (Å²) in [5, 5.41) is 21.3. The highest BCUT2D eigenvalue weighted by molar-refractivity contribution is 5.49. The average molecular weight is 374 g/mol. The van der Waals surface area contributed by atoms with Crippen molar-refractivity contribution in [2.45, 2.75) is 76.5 Å². The van der Waals surface area contributed by atoms with Crippen LogP contribution in [0.5, 0.6) is 11.5 Å². The highest BCUT2D eigenvalue weighted by atomic mass is 16.8. The Kier molecular flexibility index (Phi) is 3.70. The number of fused-ring (bicyclic) bond motifs is 7. The molecule has 2 saturated carbocycles. The minimum absolute atomic E-state index is 0.0478. The maximum Gasteiger partial charge on any atom is 0.163 e. The van der Waals surface area contributed by atoms with E-state index in [2.05, 4.69) is 6.92 Å². The zero-order valence-electron chi connectivity index (χ0n) is 16.6. The van der Waals surface area contributed by atoms with Crippen LogP contribution in [0.25, 0.3) is 0 Å². The van der Waals surface area contributed by atoms with Crippen molar-refractivity contribution in [3.05, 3.63) is 23.3 Å². The number of hydrogen-bond acceptors (Lipinski definition) is 5. The molecule has 7 atom stereocenters. The monoisotopic (exact) mass is 374 g/mol. The molecule has 1 aromatic carbocycles. The van der Waals surface area contributed by atoms with Crippen LogP contribution in [0.4, 0.5) is 0 Å².